The van der Waals surface area contributed by atoms with E-state index < -0.39 is 6.10 Å². The van der Waals surface area contributed by atoms with Crippen LogP contribution >= 0.6 is 0 Å². The number of unbranched alkanes of at least 4 members (excludes halogenated alkanes) is 35. The molecule has 6 heteroatoms. The number of carbonyl (C=O) groups excluding carboxylic acids is 3. The minimum absolute atomic E-state index is 0.0625. The van der Waals surface area contributed by atoms with Crippen LogP contribution in [-0.2, 0) is 28.6 Å². The van der Waals surface area contributed by atoms with E-state index in [9.17, 15) is 14.4 Å². The normalized spacial score (nSPS) is 11.9. The van der Waals surface area contributed by atoms with Gasteiger partial charge in [0.2, 0.25) is 0 Å². The van der Waals surface area contributed by atoms with Gasteiger partial charge >= 0.3 is 17.9 Å². The number of esters is 3. The fourth-order valence-corrected chi connectivity index (χ4v) is 8.04. The smallest absolute Gasteiger partial charge is 0.306 e. The Balaban J connectivity index is 4.30. The third-order valence-electron chi connectivity index (χ3n) is 12.0. The first-order valence-corrected chi connectivity index (χ1v) is 26.4. The fraction of sp³-hybridized carbons (Fsp3) is 0.943. The van der Waals surface area contributed by atoms with Gasteiger partial charge in [0.25, 0.3) is 0 Å². The van der Waals surface area contributed by atoms with Crippen LogP contribution in [0.5, 0.6) is 0 Å². The van der Waals surface area contributed by atoms with Crippen molar-refractivity contribution >= 4 is 17.9 Å². The van der Waals surface area contributed by atoms with E-state index >= 15 is 0 Å². The van der Waals surface area contributed by atoms with Crippen molar-refractivity contribution in [1.29, 1.82) is 0 Å². The Labute approximate surface area is 368 Å². The predicted octanol–water partition coefficient (Wildman–Crippen LogP) is 17.1. The van der Waals surface area contributed by atoms with E-state index in [2.05, 4.69) is 27.7 Å². The van der Waals surface area contributed by atoms with Gasteiger partial charge in [-0.1, -0.05) is 259 Å². The molecule has 59 heavy (non-hydrogen) atoms. The van der Waals surface area contributed by atoms with Gasteiger partial charge < -0.3 is 14.2 Å². The van der Waals surface area contributed by atoms with Crippen LogP contribution < -0.4 is 0 Å². The molecule has 1 atom stereocenters. The van der Waals surface area contributed by atoms with Crippen molar-refractivity contribution in [3.63, 3.8) is 0 Å². The Morgan fingerprint density at radius 1 is 0.322 bits per heavy atom. The first kappa shape index (κ1) is 57.4. The van der Waals surface area contributed by atoms with Crippen LogP contribution in [0.15, 0.2) is 0 Å². The van der Waals surface area contributed by atoms with Gasteiger partial charge in [0.1, 0.15) is 13.2 Å². The number of rotatable bonds is 48. The monoisotopic (exact) mass is 835 g/mol. The van der Waals surface area contributed by atoms with E-state index in [4.69, 9.17) is 14.2 Å². The summed E-state index contributed by atoms with van der Waals surface area (Å²) < 4.78 is 16.8. The van der Waals surface area contributed by atoms with Crippen LogP contribution in [0.1, 0.15) is 297 Å². The summed E-state index contributed by atoms with van der Waals surface area (Å²) in [6.45, 7) is 9.03. The van der Waals surface area contributed by atoms with E-state index in [0.717, 1.165) is 63.7 Å². The summed E-state index contributed by atoms with van der Waals surface area (Å²) in [6, 6.07) is 0. The highest BCUT2D eigenvalue weighted by Gasteiger charge is 2.19. The van der Waals surface area contributed by atoms with Crippen LogP contribution in [-0.4, -0.2) is 37.2 Å². The molecule has 0 amide bonds. The topological polar surface area (TPSA) is 78.9 Å². The maximum atomic E-state index is 12.8. The van der Waals surface area contributed by atoms with E-state index in [1.165, 1.54) is 193 Å². The quantitative estimate of drug-likeness (QED) is 0.0345. The minimum atomic E-state index is -0.760. The maximum absolute atomic E-state index is 12.8. The van der Waals surface area contributed by atoms with Crippen molar-refractivity contribution < 1.29 is 28.6 Å². The molecule has 0 aliphatic rings. The van der Waals surface area contributed by atoms with Gasteiger partial charge in [0.05, 0.1) is 0 Å². The molecule has 350 valence electrons. The summed E-state index contributed by atoms with van der Waals surface area (Å²) in [5.41, 5.74) is 0. The highest BCUT2D eigenvalue weighted by molar-refractivity contribution is 5.71. The Hall–Kier alpha value is -1.59. The maximum Gasteiger partial charge on any atom is 0.306 e. The Morgan fingerprint density at radius 2 is 0.559 bits per heavy atom. The minimum Gasteiger partial charge on any atom is -0.462 e. The van der Waals surface area contributed by atoms with Crippen LogP contribution in [0.4, 0.5) is 0 Å². The fourth-order valence-electron chi connectivity index (χ4n) is 8.04. The highest BCUT2D eigenvalue weighted by Crippen LogP contribution is 2.17. The molecule has 0 unspecified atom stereocenters. The van der Waals surface area contributed by atoms with Crippen molar-refractivity contribution in [2.45, 2.75) is 303 Å². The summed E-state index contributed by atoms with van der Waals surface area (Å²) in [6.07, 6.45) is 49.4. The number of carbonyl (C=O) groups is 3. The van der Waals surface area contributed by atoms with Gasteiger partial charge in [-0.05, 0) is 25.2 Å². The second kappa shape index (κ2) is 47.5. The molecule has 0 rings (SSSR count). The van der Waals surface area contributed by atoms with Gasteiger partial charge in [0, 0.05) is 19.3 Å². The largest absolute Gasteiger partial charge is 0.462 e. The molecule has 6 nitrogen and oxygen atoms in total. The molecule has 0 spiro atoms. The Morgan fingerprint density at radius 3 is 0.831 bits per heavy atom. The summed E-state index contributed by atoms with van der Waals surface area (Å²) in [4.78, 5) is 37.9. The predicted molar refractivity (Wildman–Crippen MR) is 252 cm³/mol. The molecule has 0 N–H and O–H groups in total. The van der Waals surface area contributed by atoms with E-state index in [0.29, 0.717) is 19.3 Å². The molecular formula is C53H102O6. The third-order valence-corrected chi connectivity index (χ3v) is 12.0. The average molecular weight is 835 g/mol. The molecule has 0 fully saturated rings. The van der Waals surface area contributed by atoms with Gasteiger partial charge in [-0.3, -0.25) is 14.4 Å². The molecule has 0 aromatic carbocycles. The van der Waals surface area contributed by atoms with Crippen molar-refractivity contribution in [3.8, 4) is 0 Å². The number of hydrogen-bond acceptors (Lipinski definition) is 6. The van der Waals surface area contributed by atoms with Gasteiger partial charge in [-0.15, -0.1) is 0 Å². The molecule has 0 aromatic rings. The molecule has 0 radical (unpaired) electrons. The lowest BCUT2D eigenvalue weighted by atomic mass is 10.0. The summed E-state index contributed by atoms with van der Waals surface area (Å²) in [7, 11) is 0. The summed E-state index contributed by atoms with van der Waals surface area (Å²) in [5.74, 6) is -0.00847. The Bertz CT molecular complexity index is 887. The molecule has 0 aromatic heterocycles. The van der Waals surface area contributed by atoms with Crippen LogP contribution in [0.2, 0.25) is 0 Å². The van der Waals surface area contributed by atoms with Crippen molar-refractivity contribution in [2.24, 2.45) is 5.92 Å². The van der Waals surface area contributed by atoms with Gasteiger partial charge in [-0.25, -0.2) is 0 Å². The highest BCUT2D eigenvalue weighted by atomic mass is 16.6. The average Bonchev–Trinajstić information content (AvgIpc) is 3.22. The molecule has 0 bridgehead atoms. The number of ether oxygens (including phenoxy) is 3. The molecule has 0 aliphatic heterocycles. The molecule has 0 saturated carbocycles. The second-order valence-corrected chi connectivity index (χ2v) is 18.6. The standard InChI is InChI=1S/C53H102O6/c1-5-7-9-11-13-15-17-19-20-26-30-34-38-42-46-53(56)59-50(47-57-51(54)44-40-36-32-28-24-18-16-14-12-10-8-6-2)48-58-52(55)45-41-37-33-29-25-22-21-23-27-31-35-39-43-49(3)4/h49-50H,5-48H2,1-4H3/t50-/m0/s1. The SMILES string of the molecule is CCCCCCCCCCCCCCCCC(=O)O[C@@H](COC(=O)CCCCCCCCCCCCCC)COC(=O)CCCCCCCCCCCCCCC(C)C. The van der Waals surface area contributed by atoms with Crippen LogP contribution in [0, 0.1) is 5.92 Å². The zero-order valence-corrected chi connectivity index (χ0v) is 40.2. The molecule has 0 saturated heterocycles. The number of hydrogen-bond donors (Lipinski definition) is 0. The van der Waals surface area contributed by atoms with Crippen molar-refractivity contribution in [3.05, 3.63) is 0 Å². The lowest BCUT2D eigenvalue weighted by Crippen LogP contribution is -2.30. The molecule has 0 heterocycles. The van der Waals surface area contributed by atoms with Gasteiger partial charge in [0.15, 0.2) is 6.10 Å². The molecular weight excluding hydrogens is 733 g/mol. The third kappa shape index (κ3) is 47.3. The summed E-state index contributed by atoms with van der Waals surface area (Å²) >= 11 is 0. The van der Waals surface area contributed by atoms with E-state index in [1.54, 1.807) is 0 Å². The summed E-state index contributed by atoms with van der Waals surface area (Å²) in [5, 5.41) is 0. The zero-order chi connectivity index (χ0) is 43.1. The van der Waals surface area contributed by atoms with Crippen LogP contribution in [0.3, 0.4) is 0 Å². The Kier molecular flexibility index (Phi) is 46.2. The van der Waals surface area contributed by atoms with E-state index in [-0.39, 0.29) is 31.1 Å². The molecule has 0 aliphatic carbocycles. The first-order valence-electron chi connectivity index (χ1n) is 26.4. The second-order valence-electron chi connectivity index (χ2n) is 18.6. The lowest BCUT2D eigenvalue weighted by Gasteiger charge is -2.18. The van der Waals surface area contributed by atoms with E-state index in [1.807, 2.05) is 0 Å². The van der Waals surface area contributed by atoms with Crippen molar-refractivity contribution in [2.75, 3.05) is 13.2 Å². The van der Waals surface area contributed by atoms with Gasteiger partial charge in [-0.2, -0.15) is 0 Å². The first-order chi connectivity index (χ1) is 28.9. The lowest BCUT2D eigenvalue weighted by molar-refractivity contribution is -0.167. The van der Waals surface area contributed by atoms with Crippen molar-refractivity contribution in [1.82, 2.24) is 0 Å². The zero-order valence-electron chi connectivity index (χ0n) is 40.2. The van der Waals surface area contributed by atoms with Crippen LogP contribution in [0.25, 0.3) is 0 Å².